The van der Waals surface area contributed by atoms with Crippen molar-refractivity contribution in [3.05, 3.63) is 24.3 Å². The minimum atomic E-state index is 1.03. The van der Waals surface area contributed by atoms with Crippen LogP contribution in [-0.2, 0) is 0 Å². The predicted molar refractivity (Wildman–Crippen MR) is 302 cm³/mol. The molecule has 0 heteroatoms. The second-order valence-electron chi connectivity index (χ2n) is 28.0. The number of hydrogen-bond acceptors (Lipinski definition) is 0. The van der Waals surface area contributed by atoms with Gasteiger partial charge in [0.15, 0.2) is 0 Å². The highest BCUT2D eigenvalue weighted by molar-refractivity contribution is 5.20. The number of allylic oxidation sites excluding steroid dienone is 4. The Kier molecular flexibility index (Phi) is 17.7. The maximum atomic E-state index is 2.59. The Morgan fingerprint density at radius 2 is 0.543 bits per heavy atom. The Morgan fingerprint density at radius 1 is 0.229 bits per heavy atom. The highest BCUT2D eigenvalue weighted by atomic mass is 14.7. The van der Waals surface area contributed by atoms with Gasteiger partial charge >= 0.3 is 0 Å². The first-order valence-electron chi connectivity index (χ1n) is 34.0. The highest BCUT2D eigenvalue weighted by Crippen LogP contribution is 2.74. The average Bonchev–Trinajstić information content (AvgIpc) is 4.24. The Labute approximate surface area is 436 Å². The maximum absolute atomic E-state index is 2.59. The van der Waals surface area contributed by atoms with E-state index in [2.05, 4.69) is 24.3 Å². The Balaban J connectivity index is 0.0000000980. The van der Waals surface area contributed by atoms with E-state index < -0.39 is 0 Å². The Bertz CT molecular complexity index is 1570. The molecular formula is C70H118. The van der Waals surface area contributed by atoms with Crippen LogP contribution in [0.2, 0.25) is 0 Å². The molecule has 0 heterocycles. The van der Waals surface area contributed by atoms with E-state index in [9.17, 15) is 0 Å². The Morgan fingerprint density at radius 3 is 1.00 bits per heavy atom. The minimum Gasteiger partial charge on any atom is -0.0879 e. The van der Waals surface area contributed by atoms with Crippen LogP contribution in [-0.4, -0.2) is 0 Å². The summed E-state index contributed by atoms with van der Waals surface area (Å²) >= 11 is 0. The van der Waals surface area contributed by atoms with Crippen molar-refractivity contribution in [3.63, 3.8) is 0 Å². The molecule has 18 fully saturated rings. The van der Waals surface area contributed by atoms with E-state index in [0.29, 0.717) is 0 Å². The van der Waals surface area contributed by atoms with Crippen LogP contribution in [0, 0.1) is 166 Å². The van der Waals surface area contributed by atoms with E-state index in [0.717, 1.165) is 47.3 Å². The van der Waals surface area contributed by atoms with Crippen molar-refractivity contribution in [1.29, 1.82) is 0 Å². The van der Waals surface area contributed by atoms with Gasteiger partial charge in [0, 0.05) is 0 Å². The van der Waals surface area contributed by atoms with Crippen LogP contribution in [0.25, 0.3) is 0 Å². The molecule has 20 aliphatic rings. The van der Waals surface area contributed by atoms with Gasteiger partial charge in [0.05, 0.1) is 0 Å². The molecule has 0 N–H and O–H groups in total. The van der Waals surface area contributed by atoms with Gasteiger partial charge in [-0.2, -0.15) is 0 Å². The predicted octanol–water partition coefficient (Wildman–Crippen LogP) is 20.6. The smallest absolute Gasteiger partial charge is 0.0168 e. The van der Waals surface area contributed by atoms with Crippen molar-refractivity contribution in [1.82, 2.24) is 0 Å². The third kappa shape index (κ3) is 9.26. The molecule has 0 aliphatic heterocycles. The molecule has 0 saturated heterocycles. The van der Waals surface area contributed by atoms with Gasteiger partial charge in [0.25, 0.3) is 0 Å². The number of rotatable bonds is 0. The first kappa shape index (κ1) is 52.9. The summed E-state index contributed by atoms with van der Waals surface area (Å²) in [6.07, 6.45) is 54.5. The molecule has 24 unspecified atom stereocenters. The lowest BCUT2D eigenvalue weighted by Gasteiger charge is -2.49. The zero-order valence-corrected chi connectivity index (χ0v) is 48.3. The van der Waals surface area contributed by atoms with Crippen molar-refractivity contribution < 1.29 is 0 Å². The van der Waals surface area contributed by atoms with Crippen LogP contribution >= 0.6 is 0 Å². The molecule has 0 radical (unpaired) electrons. The van der Waals surface area contributed by atoms with Crippen LogP contribution in [0.15, 0.2) is 24.3 Å². The summed E-state index contributed by atoms with van der Waals surface area (Å²) in [7, 11) is 0. The average molecular weight is 960 g/mol. The molecule has 0 spiro atoms. The summed E-state index contributed by atoms with van der Waals surface area (Å²) < 4.78 is 0. The number of fused-ring (bicyclic) bond motifs is 34. The lowest BCUT2D eigenvalue weighted by atomic mass is 9.56. The summed E-state index contributed by atoms with van der Waals surface area (Å²) in [5.41, 5.74) is 0. The second-order valence-corrected chi connectivity index (χ2v) is 28.0. The van der Waals surface area contributed by atoms with Gasteiger partial charge < -0.3 is 0 Å². The van der Waals surface area contributed by atoms with Crippen molar-refractivity contribution in [2.45, 2.75) is 249 Å². The third-order valence-corrected chi connectivity index (χ3v) is 26.5. The summed E-state index contributed by atoms with van der Waals surface area (Å²) in [5.74, 6) is 32.8. The second kappa shape index (κ2) is 23.4. The van der Waals surface area contributed by atoms with Gasteiger partial charge in [-0.3, -0.25) is 0 Å². The molecule has 0 aromatic carbocycles. The molecule has 70 heavy (non-hydrogen) atoms. The topological polar surface area (TPSA) is 0 Å². The van der Waals surface area contributed by atoms with Gasteiger partial charge in [0.1, 0.15) is 0 Å². The SMILES string of the molecule is C1=CC2C(C1)C1CC2C2C3CCC(C3)C12.C1=CC2C3CCC(C3)C2C1.C1C2CC3CC1CC(C2)C3.C1CC2C(C1)C1CC2C2C3CCC(C3)C12.C1CC2C3CCC(C3)C2C1.CC.CC.CC.CC.CC. The lowest BCUT2D eigenvalue weighted by Crippen LogP contribution is -2.38. The largest absolute Gasteiger partial charge is 0.0879 e. The number of hydrogen-bond donors (Lipinski definition) is 0. The molecule has 0 amide bonds. The summed E-state index contributed by atoms with van der Waals surface area (Å²) in [6.45, 7) is 20.0. The van der Waals surface area contributed by atoms with E-state index in [1.165, 1.54) is 138 Å². The molecule has 18 saturated carbocycles. The van der Waals surface area contributed by atoms with Crippen LogP contribution in [0.5, 0.6) is 0 Å². The van der Waals surface area contributed by atoms with E-state index >= 15 is 0 Å². The first-order valence-corrected chi connectivity index (χ1v) is 34.0. The summed E-state index contributed by atoms with van der Waals surface area (Å²) in [6, 6.07) is 0. The third-order valence-electron chi connectivity index (χ3n) is 26.5. The minimum absolute atomic E-state index is 1.03. The van der Waals surface area contributed by atoms with E-state index in [-0.39, 0.29) is 0 Å². The van der Waals surface area contributed by atoms with E-state index in [4.69, 9.17) is 0 Å². The zero-order valence-electron chi connectivity index (χ0n) is 48.3. The molecule has 398 valence electrons. The molecule has 0 nitrogen and oxygen atoms in total. The fraction of sp³-hybridized carbons (Fsp3) is 0.943. The van der Waals surface area contributed by atoms with Gasteiger partial charge in [-0.1, -0.05) is 106 Å². The van der Waals surface area contributed by atoms with E-state index in [1.807, 2.05) is 69.2 Å². The van der Waals surface area contributed by atoms with Crippen LogP contribution in [0.4, 0.5) is 0 Å². The zero-order chi connectivity index (χ0) is 48.8. The van der Waals surface area contributed by atoms with Crippen molar-refractivity contribution in [2.24, 2.45) is 166 Å². The van der Waals surface area contributed by atoms with Crippen molar-refractivity contribution in [3.8, 4) is 0 Å². The van der Waals surface area contributed by atoms with Crippen molar-refractivity contribution in [2.75, 3.05) is 0 Å². The van der Waals surface area contributed by atoms with Crippen LogP contribution in [0.3, 0.4) is 0 Å². The normalized spacial score (nSPS) is 54.1. The highest BCUT2D eigenvalue weighted by Gasteiger charge is 2.67. The summed E-state index contributed by atoms with van der Waals surface area (Å²) in [5, 5.41) is 0. The molecule has 24 atom stereocenters. The molecule has 20 aliphatic carbocycles. The van der Waals surface area contributed by atoms with Gasteiger partial charge in [-0.15, -0.1) is 0 Å². The molecule has 16 bridgehead atoms. The fourth-order valence-electron chi connectivity index (χ4n) is 25.5. The lowest BCUT2D eigenvalue weighted by molar-refractivity contribution is 0.0198. The quantitative estimate of drug-likeness (QED) is 0.168. The van der Waals surface area contributed by atoms with Gasteiger partial charge in [0.2, 0.25) is 0 Å². The molecule has 0 aromatic rings. The molecular weight excluding hydrogens is 841 g/mol. The maximum Gasteiger partial charge on any atom is -0.0168 e. The van der Waals surface area contributed by atoms with Gasteiger partial charge in [-0.25, -0.2) is 0 Å². The molecule has 0 aromatic heterocycles. The molecule has 20 rings (SSSR count). The van der Waals surface area contributed by atoms with Gasteiger partial charge in [-0.05, 0) is 333 Å². The monoisotopic (exact) mass is 959 g/mol. The van der Waals surface area contributed by atoms with Crippen LogP contribution in [0.1, 0.15) is 249 Å². The van der Waals surface area contributed by atoms with Crippen LogP contribution < -0.4 is 0 Å². The standard InChI is InChI=1S/C15H22.C15H20.2C10H16.C10H14.5C2H6/c2*1-2-10-11(3-1)13-7-12(10)14-8-4-5-9(6-8)15(13)14;1-7-2-9-4-8(1)5-10(3-7)6-9;2*1-2-9-7-4-5-8(6-7)10(9)3-1;5*1-2/h8-15H,1-7H2;1-2,8-15H,3-7H2;2*7-10H,1-6H2;1-2,7-10H,3-6H2;5*1-2H3. The first-order chi connectivity index (χ1) is 34.7. The summed E-state index contributed by atoms with van der Waals surface area (Å²) in [4.78, 5) is 0. The van der Waals surface area contributed by atoms with E-state index in [1.54, 1.807) is 161 Å². The Hall–Kier alpha value is -0.520. The van der Waals surface area contributed by atoms with Crippen molar-refractivity contribution >= 4 is 0 Å². The fourth-order valence-corrected chi connectivity index (χ4v) is 25.5.